The molecule has 0 bridgehead atoms. The van der Waals surface area contributed by atoms with E-state index in [0.717, 1.165) is 161 Å². The Kier molecular flexibility index (Phi) is 59.7. The zero-order valence-corrected chi connectivity index (χ0v) is 55.7. The maximum absolute atomic E-state index is 12.8. The van der Waals surface area contributed by atoms with Gasteiger partial charge in [-0.1, -0.05) is 226 Å². The fourth-order valence-corrected chi connectivity index (χ4v) is 9.94. The van der Waals surface area contributed by atoms with Crippen LogP contribution in [0, 0.1) is 0 Å². The third kappa shape index (κ3) is 63.6. The molecule has 0 rings (SSSR count). The molecule has 0 spiro atoms. The molecule has 0 saturated heterocycles. The van der Waals surface area contributed by atoms with E-state index in [1.165, 1.54) is 32.1 Å². The summed E-state index contributed by atoms with van der Waals surface area (Å²) in [6, 6.07) is 0. The van der Waals surface area contributed by atoms with Crippen molar-refractivity contribution in [3.05, 3.63) is 109 Å². The Balaban J connectivity index is 4.47. The van der Waals surface area contributed by atoms with Gasteiger partial charge in [-0.25, -0.2) is 9.13 Å². The van der Waals surface area contributed by atoms with E-state index in [1.807, 2.05) is 0 Å². The maximum atomic E-state index is 12.8. The maximum Gasteiger partial charge on any atom is 0.472 e. The first-order chi connectivity index (χ1) is 42.2. The molecule has 5 atom stereocenters. The molecule has 0 heterocycles. The lowest BCUT2D eigenvalue weighted by atomic mass is 10.1. The number of carbonyl (C=O) groups excluding carboxylic acids is 3. The number of phosphoric acid groups is 2. The summed E-state index contributed by atoms with van der Waals surface area (Å²) in [7, 11) is -9.77. The molecule has 0 radical (unpaired) electrons. The van der Waals surface area contributed by atoms with Crippen LogP contribution in [0.5, 0.6) is 0 Å². The first kappa shape index (κ1) is 83.2. The molecule has 5 unspecified atom stereocenters. The van der Waals surface area contributed by atoms with Crippen LogP contribution in [-0.2, 0) is 55.8 Å². The number of ether oxygens (including phenoxy) is 3. The number of aliphatic hydroxyl groups is 2. The van der Waals surface area contributed by atoms with E-state index in [1.54, 1.807) is 0 Å². The summed E-state index contributed by atoms with van der Waals surface area (Å²) in [5.74, 6) is -1.61. The van der Waals surface area contributed by atoms with Gasteiger partial charge in [0, 0.05) is 19.3 Å². The van der Waals surface area contributed by atoms with Crippen molar-refractivity contribution in [1.29, 1.82) is 0 Å². The van der Waals surface area contributed by atoms with E-state index in [2.05, 4.69) is 130 Å². The monoisotopic (exact) mass is 1260 g/mol. The van der Waals surface area contributed by atoms with Crippen molar-refractivity contribution in [2.75, 3.05) is 39.6 Å². The van der Waals surface area contributed by atoms with Gasteiger partial charge in [0.05, 0.1) is 26.4 Å². The van der Waals surface area contributed by atoms with E-state index in [0.29, 0.717) is 19.3 Å². The van der Waals surface area contributed by atoms with Gasteiger partial charge in [0.25, 0.3) is 0 Å². The fourth-order valence-electron chi connectivity index (χ4n) is 8.36. The SMILES string of the molecule is CC/C=C\C/C=C\C/C=C\C/C=C\C/C=C\C/C=C\CCCCCCCCCCC(=O)OCC(O)COP(=O)(O)OCC(O)COP(=O)(O)OCC(COC(=O)CCCCCCC/C=C\C/C=C\CCC)OC(=O)CCCCCCC/C=C\CCCC. The van der Waals surface area contributed by atoms with E-state index in [4.69, 9.17) is 32.3 Å². The van der Waals surface area contributed by atoms with E-state index < -0.39 is 91.5 Å². The fraction of sp³-hybridized carbons (Fsp3) is 0.696. The minimum atomic E-state index is -4.92. The second-order valence-electron chi connectivity index (χ2n) is 21.9. The first-order valence-electron chi connectivity index (χ1n) is 33.2. The Morgan fingerprint density at radius 2 is 0.632 bits per heavy atom. The van der Waals surface area contributed by atoms with Crippen LogP contribution < -0.4 is 0 Å². The lowest BCUT2D eigenvalue weighted by Crippen LogP contribution is -2.30. The molecule has 0 fully saturated rings. The summed E-state index contributed by atoms with van der Waals surface area (Å²) in [6.45, 7) is 2.39. The number of esters is 3. The van der Waals surface area contributed by atoms with E-state index in [9.17, 15) is 43.5 Å². The molecule has 18 heteroatoms. The van der Waals surface area contributed by atoms with E-state index >= 15 is 0 Å². The largest absolute Gasteiger partial charge is 0.472 e. The second-order valence-corrected chi connectivity index (χ2v) is 24.8. The van der Waals surface area contributed by atoms with Crippen LogP contribution in [0.1, 0.15) is 252 Å². The van der Waals surface area contributed by atoms with Crippen LogP contribution in [-0.4, -0.2) is 95.9 Å². The molecule has 0 aliphatic heterocycles. The number of hydrogen-bond donors (Lipinski definition) is 4. The highest BCUT2D eigenvalue weighted by Gasteiger charge is 2.29. The van der Waals surface area contributed by atoms with Gasteiger partial charge in [-0.2, -0.15) is 0 Å². The van der Waals surface area contributed by atoms with Crippen molar-refractivity contribution in [2.45, 2.75) is 270 Å². The number of hydrogen-bond acceptors (Lipinski definition) is 14. The Morgan fingerprint density at radius 3 is 1.02 bits per heavy atom. The highest BCUT2D eigenvalue weighted by molar-refractivity contribution is 7.47. The molecule has 0 aromatic rings. The van der Waals surface area contributed by atoms with Crippen LogP contribution in [0.15, 0.2) is 109 Å². The molecule has 0 aromatic carbocycles. The number of carbonyl (C=O) groups is 3. The van der Waals surface area contributed by atoms with Crippen LogP contribution in [0.4, 0.5) is 0 Å². The van der Waals surface area contributed by atoms with Crippen molar-refractivity contribution >= 4 is 33.6 Å². The Labute approximate surface area is 526 Å². The van der Waals surface area contributed by atoms with Gasteiger partial charge in [0.2, 0.25) is 0 Å². The average molecular weight is 1270 g/mol. The number of rotatable bonds is 62. The Bertz CT molecular complexity index is 2030. The predicted octanol–water partition coefficient (Wildman–Crippen LogP) is 18.1. The van der Waals surface area contributed by atoms with Gasteiger partial charge in [-0.3, -0.25) is 32.5 Å². The van der Waals surface area contributed by atoms with Crippen LogP contribution in [0.2, 0.25) is 0 Å². The lowest BCUT2D eigenvalue weighted by Gasteiger charge is -2.21. The predicted molar refractivity (Wildman–Crippen MR) is 353 cm³/mol. The number of allylic oxidation sites excluding steroid dienone is 18. The molecular weight excluding hydrogens is 1150 g/mol. The summed E-state index contributed by atoms with van der Waals surface area (Å²) >= 11 is 0. The molecule has 0 aliphatic rings. The van der Waals surface area contributed by atoms with Gasteiger partial charge in [0.15, 0.2) is 6.10 Å². The second kappa shape index (κ2) is 62.4. The first-order valence-corrected chi connectivity index (χ1v) is 36.2. The minimum absolute atomic E-state index is 0.0901. The summed E-state index contributed by atoms with van der Waals surface area (Å²) in [5, 5.41) is 20.5. The zero-order valence-electron chi connectivity index (χ0n) is 53.9. The van der Waals surface area contributed by atoms with Gasteiger partial charge in [-0.15, -0.1) is 0 Å². The average Bonchev–Trinajstić information content (AvgIpc) is 3.53. The van der Waals surface area contributed by atoms with Crippen molar-refractivity contribution in [3.63, 3.8) is 0 Å². The summed E-state index contributed by atoms with van der Waals surface area (Å²) in [6.07, 6.45) is 68.8. The number of phosphoric ester groups is 2. The molecule has 0 aliphatic carbocycles. The third-order valence-electron chi connectivity index (χ3n) is 13.4. The molecule has 0 saturated carbocycles. The summed E-state index contributed by atoms with van der Waals surface area (Å²) < 4.78 is 60.7. The lowest BCUT2D eigenvalue weighted by molar-refractivity contribution is -0.161. The van der Waals surface area contributed by atoms with Crippen LogP contribution in [0.25, 0.3) is 0 Å². The zero-order chi connectivity index (χ0) is 63.8. The number of aliphatic hydroxyl groups excluding tert-OH is 2. The van der Waals surface area contributed by atoms with Crippen LogP contribution in [0.3, 0.4) is 0 Å². The summed E-state index contributed by atoms with van der Waals surface area (Å²) in [4.78, 5) is 58.1. The molecule has 0 aromatic heterocycles. The van der Waals surface area contributed by atoms with Crippen molar-refractivity contribution in [3.8, 4) is 0 Å². The van der Waals surface area contributed by atoms with Gasteiger partial charge < -0.3 is 34.2 Å². The molecule has 16 nitrogen and oxygen atoms in total. The Hall–Kier alpha value is -3.79. The topological polar surface area (TPSA) is 231 Å². The normalized spacial score (nSPS) is 15.0. The third-order valence-corrected chi connectivity index (χ3v) is 15.3. The van der Waals surface area contributed by atoms with Gasteiger partial charge >= 0.3 is 33.6 Å². The smallest absolute Gasteiger partial charge is 0.463 e. The van der Waals surface area contributed by atoms with Gasteiger partial charge in [0.1, 0.15) is 25.4 Å². The van der Waals surface area contributed by atoms with Crippen molar-refractivity contribution in [1.82, 2.24) is 0 Å². The Morgan fingerprint density at radius 1 is 0.333 bits per heavy atom. The van der Waals surface area contributed by atoms with Crippen LogP contribution >= 0.6 is 15.6 Å². The molecule has 4 N–H and O–H groups in total. The number of unbranched alkanes of at least 4 members (excludes halogenated alkanes) is 21. The van der Waals surface area contributed by atoms with Gasteiger partial charge in [-0.05, 0) is 116 Å². The highest BCUT2D eigenvalue weighted by Crippen LogP contribution is 2.45. The standard InChI is InChI=1S/C69H118O16P2/c1-4-7-10-13-16-19-22-24-25-26-27-28-29-30-31-32-33-34-35-36-37-39-42-43-46-49-52-55-67(72)79-58-64(70)59-81-86(75,76)82-60-65(71)61-83-87(77,78)84-63-66(85-69(74)57-54-51-48-45-40-21-18-15-12-9-6-3)62-80-68(73)56-53-50-47-44-41-38-23-20-17-14-11-8-5-2/h7,10-11,14-16,18-20,23-25,27-28,30-31,33-34,64-66,70-71H,4-6,8-9,12-13,17,21-22,26,29,32,35-63H2,1-3H3,(H,75,76)(H,77,78)/b10-7-,14-11-,18-15-,19-16-,23-20-,25-24-,28-27-,31-30-,34-33-. The molecule has 87 heavy (non-hydrogen) atoms. The van der Waals surface area contributed by atoms with Crippen molar-refractivity contribution in [2.24, 2.45) is 0 Å². The van der Waals surface area contributed by atoms with E-state index in [-0.39, 0.29) is 19.3 Å². The molecule has 0 amide bonds. The summed E-state index contributed by atoms with van der Waals surface area (Å²) in [5.41, 5.74) is 0. The quantitative estimate of drug-likeness (QED) is 0.0146. The molecule has 500 valence electrons. The van der Waals surface area contributed by atoms with Crippen molar-refractivity contribution < 1.29 is 75.8 Å². The molecular formula is C69H118O16P2. The minimum Gasteiger partial charge on any atom is -0.463 e. The highest BCUT2D eigenvalue weighted by atomic mass is 31.2.